The molecule has 0 unspecified atom stereocenters. The highest BCUT2D eigenvalue weighted by Crippen LogP contribution is 2.26. The Bertz CT molecular complexity index is 418. The number of allylic oxidation sites excluding steroid dienone is 2. The summed E-state index contributed by atoms with van der Waals surface area (Å²) in [5, 5.41) is 28.9. The van der Waals surface area contributed by atoms with E-state index in [0.29, 0.717) is 32.1 Å². The lowest BCUT2D eigenvalue weighted by Gasteiger charge is -2.17. The third kappa shape index (κ3) is 9.78. The molecule has 5 heteroatoms. The van der Waals surface area contributed by atoms with Gasteiger partial charge in [0, 0.05) is 12.8 Å². The molecule has 0 aromatic carbocycles. The maximum Gasteiger partial charge on any atom is 0.303 e. The minimum absolute atomic E-state index is 0.165. The van der Waals surface area contributed by atoms with Crippen LogP contribution in [0.3, 0.4) is 0 Å². The molecule has 0 aliphatic carbocycles. The second-order valence-electron chi connectivity index (χ2n) is 6.78. The summed E-state index contributed by atoms with van der Waals surface area (Å²) in [6.07, 6.45) is 14.0. The number of rotatable bonds is 13. The summed E-state index contributed by atoms with van der Waals surface area (Å²) < 4.78 is 5.81. The van der Waals surface area contributed by atoms with Crippen LogP contribution in [0.4, 0.5) is 0 Å². The van der Waals surface area contributed by atoms with Crippen LogP contribution in [0.15, 0.2) is 24.3 Å². The second-order valence-corrected chi connectivity index (χ2v) is 6.78. The van der Waals surface area contributed by atoms with E-state index < -0.39 is 18.2 Å². The van der Waals surface area contributed by atoms with Gasteiger partial charge in [0.15, 0.2) is 0 Å². The van der Waals surface area contributed by atoms with Crippen LogP contribution >= 0.6 is 0 Å². The van der Waals surface area contributed by atoms with Gasteiger partial charge in [0.25, 0.3) is 0 Å². The summed E-state index contributed by atoms with van der Waals surface area (Å²) >= 11 is 0. The number of aliphatic carboxylic acids is 1. The molecular weight excluding hydrogens is 320 g/mol. The van der Waals surface area contributed by atoms with Crippen molar-refractivity contribution in [2.75, 3.05) is 0 Å². The van der Waals surface area contributed by atoms with Crippen molar-refractivity contribution in [3.8, 4) is 0 Å². The van der Waals surface area contributed by atoms with E-state index in [2.05, 4.69) is 19.1 Å². The Morgan fingerprint density at radius 2 is 1.88 bits per heavy atom. The molecular formula is C20H34O5. The maximum atomic E-state index is 10.4. The zero-order chi connectivity index (χ0) is 18.5. The van der Waals surface area contributed by atoms with Crippen molar-refractivity contribution < 1.29 is 24.9 Å². The number of ether oxygens (including phenoxy) is 1. The number of carboxylic acid groups (broad SMARTS) is 1. The standard InChI is InChI=1S/C20H34O5/c1-2-3-4-5-6-10-13-18-17(22)15-19(25-18)16(21)12-9-7-8-11-14-20(23)24/h6-7,9-10,16-19,21-22H,2-5,8,11-15H2,1H3,(H,23,24)/b9-7-,10-6-/t16-,17+,18+,19-/m0/s1. The molecule has 1 aliphatic rings. The van der Waals surface area contributed by atoms with E-state index in [1.54, 1.807) is 0 Å². The van der Waals surface area contributed by atoms with E-state index in [-0.39, 0.29) is 18.6 Å². The zero-order valence-corrected chi connectivity index (χ0v) is 15.3. The van der Waals surface area contributed by atoms with E-state index in [4.69, 9.17) is 9.84 Å². The lowest BCUT2D eigenvalue weighted by Crippen LogP contribution is -2.25. The van der Waals surface area contributed by atoms with Gasteiger partial charge in [-0.15, -0.1) is 0 Å². The van der Waals surface area contributed by atoms with Gasteiger partial charge in [0.2, 0.25) is 0 Å². The summed E-state index contributed by atoms with van der Waals surface area (Å²) in [5.74, 6) is -0.785. The van der Waals surface area contributed by atoms with Crippen LogP contribution in [0.5, 0.6) is 0 Å². The molecule has 0 spiro atoms. The molecule has 0 radical (unpaired) electrons. The van der Waals surface area contributed by atoms with Gasteiger partial charge in [-0.3, -0.25) is 4.79 Å². The van der Waals surface area contributed by atoms with Gasteiger partial charge >= 0.3 is 5.97 Å². The minimum atomic E-state index is -0.785. The second kappa shape index (κ2) is 13.1. The fraction of sp³-hybridized carbons (Fsp3) is 0.750. The Hall–Kier alpha value is -1.17. The molecule has 3 N–H and O–H groups in total. The lowest BCUT2D eigenvalue weighted by atomic mass is 10.0. The van der Waals surface area contributed by atoms with E-state index in [0.717, 1.165) is 6.42 Å². The molecule has 1 saturated heterocycles. The number of carboxylic acids is 1. The van der Waals surface area contributed by atoms with Gasteiger partial charge in [0.1, 0.15) is 0 Å². The molecule has 0 aromatic rings. The average molecular weight is 354 g/mol. The minimum Gasteiger partial charge on any atom is -0.481 e. The van der Waals surface area contributed by atoms with Gasteiger partial charge in [-0.1, -0.05) is 44.1 Å². The third-order valence-electron chi connectivity index (χ3n) is 4.50. The molecule has 5 nitrogen and oxygen atoms in total. The van der Waals surface area contributed by atoms with Crippen LogP contribution in [0.1, 0.15) is 71.1 Å². The highest BCUT2D eigenvalue weighted by atomic mass is 16.5. The number of aliphatic hydroxyl groups is 2. The maximum absolute atomic E-state index is 10.4. The van der Waals surface area contributed by atoms with E-state index >= 15 is 0 Å². The van der Waals surface area contributed by atoms with Crippen molar-refractivity contribution >= 4 is 5.97 Å². The van der Waals surface area contributed by atoms with E-state index in [1.165, 1.54) is 19.3 Å². The van der Waals surface area contributed by atoms with E-state index in [1.807, 2.05) is 12.2 Å². The summed E-state index contributed by atoms with van der Waals surface area (Å²) in [6.45, 7) is 2.18. The SMILES string of the molecule is CCCCC/C=C\C[C@H]1O[C@H]([C@@H](O)C/C=C\CCCC(=O)O)C[C@H]1O. The predicted molar refractivity (Wildman–Crippen MR) is 98.4 cm³/mol. The van der Waals surface area contributed by atoms with Crippen molar-refractivity contribution in [1.29, 1.82) is 0 Å². The van der Waals surface area contributed by atoms with Crippen LogP contribution in [-0.2, 0) is 9.53 Å². The summed E-state index contributed by atoms with van der Waals surface area (Å²) in [7, 11) is 0. The molecule has 0 saturated carbocycles. The molecule has 0 bridgehead atoms. The van der Waals surface area contributed by atoms with Crippen molar-refractivity contribution in [2.24, 2.45) is 0 Å². The highest BCUT2D eigenvalue weighted by Gasteiger charge is 2.36. The Morgan fingerprint density at radius 1 is 1.16 bits per heavy atom. The topological polar surface area (TPSA) is 87.0 Å². The van der Waals surface area contributed by atoms with Crippen LogP contribution < -0.4 is 0 Å². The van der Waals surface area contributed by atoms with Gasteiger partial charge < -0.3 is 20.1 Å². The van der Waals surface area contributed by atoms with Crippen LogP contribution in [0, 0.1) is 0 Å². The number of carbonyl (C=O) groups is 1. The Morgan fingerprint density at radius 3 is 2.60 bits per heavy atom. The molecule has 1 aliphatic heterocycles. The molecule has 144 valence electrons. The molecule has 1 heterocycles. The first-order valence-corrected chi connectivity index (χ1v) is 9.58. The Kier molecular flexibility index (Phi) is 11.5. The lowest BCUT2D eigenvalue weighted by molar-refractivity contribution is -0.137. The quantitative estimate of drug-likeness (QED) is 0.347. The molecule has 25 heavy (non-hydrogen) atoms. The normalized spacial score (nSPS) is 25.2. The molecule has 4 atom stereocenters. The van der Waals surface area contributed by atoms with Gasteiger partial charge in [-0.25, -0.2) is 0 Å². The van der Waals surface area contributed by atoms with Crippen LogP contribution in [0.25, 0.3) is 0 Å². The smallest absolute Gasteiger partial charge is 0.303 e. The average Bonchev–Trinajstić information content (AvgIpc) is 2.94. The zero-order valence-electron chi connectivity index (χ0n) is 15.3. The molecule has 0 aromatic heterocycles. The van der Waals surface area contributed by atoms with Crippen molar-refractivity contribution in [1.82, 2.24) is 0 Å². The van der Waals surface area contributed by atoms with Crippen LogP contribution in [-0.4, -0.2) is 45.7 Å². The van der Waals surface area contributed by atoms with Crippen molar-refractivity contribution in [3.63, 3.8) is 0 Å². The first-order valence-electron chi connectivity index (χ1n) is 9.58. The molecule has 1 rings (SSSR count). The fourth-order valence-corrected chi connectivity index (χ4v) is 2.96. The van der Waals surface area contributed by atoms with Gasteiger partial charge in [-0.2, -0.15) is 0 Å². The number of aliphatic hydroxyl groups excluding tert-OH is 2. The summed E-state index contributed by atoms with van der Waals surface area (Å²) in [5.41, 5.74) is 0. The molecule has 0 amide bonds. The summed E-state index contributed by atoms with van der Waals surface area (Å²) in [4.78, 5) is 10.4. The summed E-state index contributed by atoms with van der Waals surface area (Å²) in [6, 6.07) is 0. The monoisotopic (exact) mass is 354 g/mol. The highest BCUT2D eigenvalue weighted by molar-refractivity contribution is 5.66. The van der Waals surface area contributed by atoms with Crippen molar-refractivity contribution in [3.05, 3.63) is 24.3 Å². The third-order valence-corrected chi connectivity index (χ3v) is 4.50. The number of hydrogen-bond acceptors (Lipinski definition) is 4. The van der Waals surface area contributed by atoms with E-state index in [9.17, 15) is 15.0 Å². The Balaban J connectivity index is 2.22. The van der Waals surface area contributed by atoms with Crippen LogP contribution in [0.2, 0.25) is 0 Å². The number of hydrogen-bond donors (Lipinski definition) is 3. The van der Waals surface area contributed by atoms with Crippen molar-refractivity contribution in [2.45, 2.75) is 95.5 Å². The van der Waals surface area contributed by atoms with Gasteiger partial charge in [0.05, 0.1) is 24.4 Å². The first-order chi connectivity index (χ1) is 12.0. The fourth-order valence-electron chi connectivity index (χ4n) is 2.96. The first kappa shape index (κ1) is 21.9. The predicted octanol–water partition coefficient (Wildman–Crippen LogP) is 3.59. The van der Waals surface area contributed by atoms with Gasteiger partial charge in [-0.05, 0) is 38.5 Å². The Labute approximate surface area is 151 Å². The largest absolute Gasteiger partial charge is 0.481 e. The molecule has 1 fully saturated rings. The number of unbranched alkanes of at least 4 members (excludes halogenated alkanes) is 4.